The molecular weight excluding hydrogens is 336 g/mol. The largest absolute Gasteiger partial charge is 0.463 e. The van der Waals surface area contributed by atoms with Gasteiger partial charge in [0, 0.05) is 5.56 Å². The predicted octanol–water partition coefficient (Wildman–Crippen LogP) is 3.43. The van der Waals surface area contributed by atoms with Gasteiger partial charge in [0.05, 0.1) is 12.3 Å². The Balaban J connectivity index is 1.63. The minimum absolute atomic E-state index is 0.00761. The van der Waals surface area contributed by atoms with Crippen LogP contribution in [0.3, 0.4) is 0 Å². The molecule has 1 heterocycles. The van der Waals surface area contributed by atoms with E-state index >= 15 is 0 Å². The number of quaternary nitrogens is 1. The van der Waals surface area contributed by atoms with Crippen LogP contribution in [0, 0.1) is 13.8 Å². The Morgan fingerprint density at radius 1 is 1.00 bits per heavy atom. The van der Waals surface area contributed by atoms with E-state index in [1.807, 2.05) is 42.6 Å². The van der Waals surface area contributed by atoms with Gasteiger partial charge in [-0.05, 0) is 49.6 Å². The van der Waals surface area contributed by atoms with Crippen LogP contribution < -0.4 is 10.6 Å². The molecule has 1 aromatic heterocycles. The third-order valence-corrected chi connectivity index (χ3v) is 4.96. The number of carbonyl (C=O) groups excluding carboxylic acids is 1. The fraction of sp³-hybridized carbons (Fsp3) is 0.261. The average Bonchev–Trinajstić information content (AvgIpc) is 3.19. The highest BCUT2D eigenvalue weighted by Crippen LogP contribution is 2.19. The summed E-state index contributed by atoms with van der Waals surface area (Å²) in [5.41, 5.74) is 4.73. The summed E-state index contributed by atoms with van der Waals surface area (Å²) in [6, 6.07) is 20.2. The summed E-state index contributed by atoms with van der Waals surface area (Å²) in [7, 11) is 0. The molecule has 27 heavy (non-hydrogen) atoms. The molecule has 0 unspecified atom stereocenters. The molecule has 0 aliphatic carbocycles. The van der Waals surface area contributed by atoms with Crippen LogP contribution in [0.4, 0.5) is 0 Å². The molecule has 0 saturated heterocycles. The lowest BCUT2D eigenvalue weighted by Gasteiger charge is -2.17. The number of hydrogen-bond donors (Lipinski definition) is 2. The molecule has 3 N–H and O–H groups in total. The van der Waals surface area contributed by atoms with E-state index in [1.165, 1.54) is 11.1 Å². The lowest BCUT2D eigenvalue weighted by atomic mass is 10.0. The number of nitrogens with one attached hydrogen (secondary N) is 1. The first-order valence-corrected chi connectivity index (χ1v) is 9.33. The molecule has 4 heteroatoms. The Morgan fingerprint density at radius 3 is 2.44 bits per heavy atom. The van der Waals surface area contributed by atoms with Crippen molar-refractivity contribution in [2.45, 2.75) is 32.9 Å². The Morgan fingerprint density at radius 2 is 1.78 bits per heavy atom. The molecule has 0 bridgehead atoms. The second-order valence-electron chi connectivity index (χ2n) is 6.98. The molecule has 4 nitrogen and oxygen atoms in total. The van der Waals surface area contributed by atoms with Crippen molar-refractivity contribution in [3.63, 3.8) is 0 Å². The van der Waals surface area contributed by atoms with Crippen LogP contribution in [-0.2, 0) is 4.79 Å². The predicted molar refractivity (Wildman–Crippen MR) is 106 cm³/mol. The maximum Gasteiger partial charge on any atom is 0.275 e. The number of hydrogen-bond acceptors (Lipinski definition) is 2. The maximum absolute atomic E-state index is 12.5. The van der Waals surface area contributed by atoms with E-state index in [4.69, 9.17) is 4.42 Å². The van der Waals surface area contributed by atoms with E-state index in [-0.39, 0.29) is 18.0 Å². The van der Waals surface area contributed by atoms with Crippen molar-refractivity contribution in [2.75, 3.05) is 6.54 Å². The standard InChI is InChI=1S/C23H26N2O2/c1-16-11-12-20(14-17(16)2)18(3)25-22(26)15-24-23(21-10-7-13-27-21)19-8-5-4-6-9-19/h4-14,18,23-24H,15H2,1-3H3,(H,25,26)/p+1/t18-,23+/m0/s1. The Bertz CT molecular complexity index is 873. The summed E-state index contributed by atoms with van der Waals surface area (Å²) in [6.07, 6.45) is 1.67. The van der Waals surface area contributed by atoms with Crippen molar-refractivity contribution >= 4 is 5.91 Å². The minimum atomic E-state index is -0.0381. The van der Waals surface area contributed by atoms with Crippen molar-refractivity contribution in [1.82, 2.24) is 5.32 Å². The van der Waals surface area contributed by atoms with E-state index in [1.54, 1.807) is 6.26 Å². The van der Waals surface area contributed by atoms with Crippen LogP contribution in [-0.4, -0.2) is 12.5 Å². The molecular formula is C23H27N2O2+. The fourth-order valence-electron chi connectivity index (χ4n) is 3.19. The van der Waals surface area contributed by atoms with Crippen LogP contribution in [0.15, 0.2) is 71.3 Å². The number of rotatable bonds is 7. The molecule has 0 radical (unpaired) electrons. The van der Waals surface area contributed by atoms with Gasteiger partial charge < -0.3 is 15.1 Å². The summed E-state index contributed by atoms with van der Waals surface area (Å²) in [5, 5.41) is 5.10. The third kappa shape index (κ3) is 4.86. The molecule has 0 aliphatic heterocycles. The van der Waals surface area contributed by atoms with E-state index in [2.05, 4.69) is 49.5 Å². The van der Waals surface area contributed by atoms with Crippen LogP contribution >= 0.6 is 0 Å². The van der Waals surface area contributed by atoms with Gasteiger partial charge in [0.2, 0.25) is 0 Å². The van der Waals surface area contributed by atoms with Gasteiger partial charge in [-0.2, -0.15) is 0 Å². The average molecular weight is 363 g/mol. The van der Waals surface area contributed by atoms with Crippen molar-refractivity contribution < 1.29 is 14.5 Å². The number of furan rings is 1. The number of carbonyl (C=O) groups is 1. The zero-order valence-electron chi connectivity index (χ0n) is 16.1. The molecule has 0 fully saturated rings. The van der Waals surface area contributed by atoms with Gasteiger partial charge >= 0.3 is 0 Å². The van der Waals surface area contributed by atoms with Crippen LogP contribution in [0.5, 0.6) is 0 Å². The van der Waals surface area contributed by atoms with E-state index < -0.39 is 0 Å². The normalized spacial score (nSPS) is 13.1. The first-order valence-electron chi connectivity index (χ1n) is 9.33. The van der Waals surface area contributed by atoms with Crippen molar-refractivity contribution in [3.8, 4) is 0 Å². The third-order valence-electron chi connectivity index (χ3n) is 4.96. The van der Waals surface area contributed by atoms with Crippen LogP contribution in [0.25, 0.3) is 0 Å². The first kappa shape index (κ1) is 18.9. The number of nitrogens with two attached hydrogens (primary N) is 1. The van der Waals surface area contributed by atoms with Crippen LogP contribution in [0.1, 0.15) is 47.0 Å². The molecule has 2 aromatic carbocycles. The summed E-state index contributed by atoms with van der Waals surface area (Å²) in [6.45, 7) is 6.53. The molecule has 3 aromatic rings. The van der Waals surface area contributed by atoms with Gasteiger partial charge in [-0.3, -0.25) is 4.79 Å². The molecule has 0 saturated carbocycles. The van der Waals surface area contributed by atoms with Gasteiger partial charge in [0.25, 0.3) is 5.91 Å². The Labute approximate surface area is 160 Å². The van der Waals surface area contributed by atoms with E-state index in [9.17, 15) is 4.79 Å². The number of aryl methyl sites for hydroxylation is 2. The first-order chi connectivity index (χ1) is 13.0. The summed E-state index contributed by atoms with van der Waals surface area (Å²) in [4.78, 5) is 12.5. The summed E-state index contributed by atoms with van der Waals surface area (Å²) < 4.78 is 5.59. The van der Waals surface area contributed by atoms with E-state index in [0.29, 0.717) is 6.54 Å². The molecule has 140 valence electrons. The smallest absolute Gasteiger partial charge is 0.275 e. The Hall–Kier alpha value is -2.85. The quantitative estimate of drug-likeness (QED) is 0.676. The summed E-state index contributed by atoms with van der Waals surface area (Å²) >= 11 is 0. The highest BCUT2D eigenvalue weighted by atomic mass is 16.3. The van der Waals surface area contributed by atoms with Gasteiger partial charge in [-0.15, -0.1) is 0 Å². The monoisotopic (exact) mass is 363 g/mol. The highest BCUT2D eigenvalue weighted by Gasteiger charge is 2.22. The molecule has 1 amide bonds. The van der Waals surface area contributed by atoms with Crippen LogP contribution in [0.2, 0.25) is 0 Å². The van der Waals surface area contributed by atoms with Crippen molar-refractivity contribution in [3.05, 3.63) is 94.9 Å². The van der Waals surface area contributed by atoms with Gasteiger partial charge in [-0.1, -0.05) is 48.5 Å². The fourth-order valence-corrected chi connectivity index (χ4v) is 3.19. The lowest BCUT2D eigenvalue weighted by molar-refractivity contribution is -0.678. The highest BCUT2D eigenvalue weighted by molar-refractivity contribution is 5.77. The zero-order chi connectivity index (χ0) is 19.2. The van der Waals surface area contributed by atoms with E-state index in [0.717, 1.165) is 16.9 Å². The maximum atomic E-state index is 12.5. The van der Waals surface area contributed by atoms with Gasteiger partial charge in [0.1, 0.15) is 0 Å². The number of benzene rings is 2. The zero-order valence-corrected chi connectivity index (χ0v) is 16.1. The second kappa shape index (κ2) is 8.69. The minimum Gasteiger partial charge on any atom is -0.463 e. The summed E-state index contributed by atoms with van der Waals surface area (Å²) in [5.74, 6) is 0.851. The second-order valence-corrected chi connectivity index (χ2v) is 6.98. The van der Waals surface area contributed by atoms with Crippen molar-refractivity contribution in [2.24, 2.45) is 0 Å². The molecule has 2 atom stereocenters. The Kier molecular flexibility index (Phi) is 6.09. The topological polar surface area (TPSA) is 58.9 Å². The molecule has 0 aliphatic rings. The van der Waals surface area contributed by atoms with Gasteiger partial charge in [-0.25, -0.2) is 0 Å². The number of amides is 1. The molecule has 0 spiro atoms. The molecule has 3 rings (SSSR count). The van der Waals surface area contributed by atoms with Gasteiger partial charge in [0.15, 0.2) is 18.3 Å². The lowest BCUT2D eigenvalue weighted by Crippen LogP contribution is -2.87. The van der Waals surface area contributed by atoms with Crippen molar-refractivity contribution in [1.29, 1.82) is 0 Å². The SMILES string of the molecule is Cc1ccc([C@H](C)NC(=O)C[NH2+][C@H](c2ccccc2)c2ccco2)cc1C.